The van der Waals surface area contributed by atoms with Gasteiger partial charge in [0.15, 0.2) is 5.96 Å². The second kappa shape index (κ2) is 8.55. The van der Waals surface area contributed by atoms with Crippen molar-refractivity contribution in [3.05, 3.63) is 24.4 Å². The van der Waals surface area contributed by atoms with E-state index in [9.17, 15) is 0 Å². The van der Waals surface area contributed by atoms with Crippen LogP contribution in [0.25, 0.3) is 0 Å². The van der Waals surface area contributed by atoms with Gasteiger partial charge in [0, 0.05) is 46.0 Å². The first-order valence-electron chi connectivity index (χ1n) is 7.98. The van der Waals surface area contributed by atoms with Gasteiger partial charge in [-0.2, -0.15) is 0 Å². The third-order valence-corrected chi connectivity index (χ3v) is 4.30. The Morgan fingerprint density at radius 1 is 1.27 bits per heavy atom. The molecule has 0 unspecified atom stereocenters. The summed E-state index contributed by atoms with van der Waals surface area (Å²) in [6, 6.07) is 6.09. The molecule has 5 nitrogen and oxygen atoms in total. The molecule has 122 valence electrons. The van der Waals surface area contributed by atoms with Crippen molar-refractivity contribution in [2.75, 3.05) is 44.7 Å². The highest BCUT2D eigenvalue weighted by Crippen LogP contribution is 2.31. The molecular weight excluding hydrogens is 389 g/mol. The molecule has 0 amide bonds. The fraction of sp³-hybridized carbons (Fsp3) is 0.625. The number of piperazine rings is 1. The minimum absolute atomic E-state index is 0. The lowest BCUT2D eigenvalue weighted by Crippen LogP contribution is -2.52. The average molecular weight is 415 g/mol. The van der Waals surface area contributed by atoms with Gasteiger partial charge in [-0.15, -0.1) is 24.0 Å². The first-order valence-corrected chi connectivity index (χ1v) is 7.98. The minimum Gasteiger partial charge on any atom is -0.356 e. The van der Waals surface area contributed by atoms with Gasteiger partial charge in [0.1, 0.15) is 5.82 Å². The van der Waals surface area contributed by atoms with E-state index >= 15 is 0 Å². The van der Waals surface area contributed by atoms with Crippen LogP contribution >= 0.6 is 24.0 Å². The molecule has 1 saturated heterocycles. The summed E-state index contributed by atoms with van der Waals surface area (Å²) in [4.78, 5) is 13.5. The van der Waals surface area contributed by atoms with Gasteiger partial charge in [-0.1, -0.05) is 18.9 Å². The van der Waals surface area contributed by atoms with Crippen LogP contribution < -0.4 is 10.2 Å². The third kappa shape index (κ3) is 4.72. The standard InChI is InChI=1S/C16H25N5.HI/c1-17-16(19-9-7-14-5-6-14)21-12-10-20(11-13-21)15-4-2-3-8-18-15;/h2-4,8,14H,5-7,9-13H2,1H3,(H,17,19);1H. The predicted octanol–water partition coefficient (Wildman–Crippen LogP) is 2.20. The van der Waals surface area contributed by atoms with E-state index in [2.05, 4.69) is 31.2 Å². The van der Waals surface area contributed by atoms with Gasteiger partial charge in [-0.3, -0.25) is 4.99 Å². The summed E-state index contributed by atoms with van der Waals surface area (Å²) < 4.78 is 0. The molecule has 0 aromatic carbocycles. The van der Waals surface area contributed by atoms with Crippen LogP contribution in [0.3, 0.4) is 0 Å². The SMILES string of the molecule is CN=C(NCCC1CC1)N1CCN(c2ccccn2)CC1.I. The second-order valence-electron chi connectivity index (χ2n) is 5.87. The molecule has 0 atom stereocenters. The van der Waals surface area contributed by atoms with Crippen molar-refractivity contribution in [3.63, 3.8) is 0 Å². The number of hydrogen-bond acceptors (Lipinski definition) is 3. The number of rotatable bonds is 4. The summed E-state index contributed by atoms with van der Waals surface area (Å²) in [6.45, 7) is 5.05. The van der Waals surface area contributed by atoms with Crippen LogP contribution in [-0.4, -0.2) is 55.6 Å². The maximum Gasteiger partial charge on any atom is 0.193 e. The van der Waals surface area contributed by atoms with E-state index in [1.807, 2.05) is 25.4 Å². The van der Waals surface area contributed by atoms with E-state index in [4.69, 9.17) is 0 Å². The van der Waals surface area contributed by atoms with Crippen molar-refractivity contribution < 1.29 is 0 Å². The number of guanidine groups is 1. The Hall–Kier alpha value is -1.05. The van der Waals surface area contributed by atoms with Crippen LogP contribution in [0.1, 0.15) is 19.3 Å². The highest BCUT2D eigenvalue weighted by molar-refractivity contribution is 14.0. The Kier molecular flexibility index (Phi) is 6.72. The van der Waals surface area contributed by atoms with Gasteiger partial charge in [-0.25, -0.2) is 4.98 Å². The number of hydrogen-bond donors (Lipinski definition) is 1. The third-order valence-electron chi connectivity index (χ3n) is 4.30. The van der Waals surface area contributed by atoms with E-state index in [0.29, 0.717) is 0 Å². The first kappa shape index (κ1) is 17.3. The summed E-state index contributed by atoms with van der Waals surface area (Å²) >= 11 is 0. The monoisotopic (exact) mass is 415 g/mol. The summed E-state index contributed by atoms with van der Waals surface area (Å²) in [7, 11) is 1.88. The van der Waals surface area contributed by atoms with Gasteiger partial charge >= 0.3 is 0 Å². The lowest BCUT2D eigenvalue weighted by Gasteiger charge is -2.37. The molecule has 2 aliphatic rings. The van der Waals surface area contributed by atoms with Gasteiger partial charge in [0.05, 0.1) is 0 Å². The fourth-order valence-electron chi connectivity index (χ4n) is 2.82. The highest BCUT2D eigenvalue weighted by atomic mass is 127. The molecule has 1 saturated carbocycles. The summed E-state index contributed by atoms with van der Waals surface area (Å²) in [6.07, 6.45) is 5.99. The fourth-order valence-corrected chi connectivity index (χ4v) is 2.82. The van der Waals surface area contributed by atoms with Gasteiger partial charge in [-0.05, 0) is 24.5 Å². The zero-order valence-electron chi connectivity index (χ0n) is 13.2. The summed E-state index contributed by atoms with van der Waals surface area (Å²) in [5.41, 5.74) is 0. The number of pyridine rings is 1. The predicted molar refractivity (Wildman–Crippen MR) is 102 cm³/mol. The molecule has 1 N–H and O–H groups in total. The van der Waals surface area contributed by atoms with Crippen molar-refractivity contribution in [3.8, 4) is 0 Å². The molecule has 1 aliphatic carbocycles. The molecule has 22 heavy (non-hydrogen) atoms. The number of aliphatic imine (C=N–C) groups is 1. The van der Waals surface area contributed by atoms with Gasteiger partial charge in [0.25, 0.3) is 0 Å². The maximum absolute atomic E-state index is 4.43. The number of nitrogens with zero attached hydrogens (tertiary/aromatic N) is 4. The van der Waals surface area contributed by atoms with E-state index in [1.54, 1.807) is 0 Å². The molecule has 1 aromatic rings. The van der Waals surface area contributed by atoms with Crippen LogP contribution in [0.4, 0.5) is 5.82 Å². The molecule has 0 bridgehead atoms. The van der Waals surface area contributed by atoms with Crippen LogP contribution in [-0.2, 0) is 0 Å². The first-order chi connectivity index (χ1) is 10.4. The minimum atomic E-state index is 0. The molecule has 0 radical (unpaired) electrons. The number of anilines is 1. The van der Waals surface area contributed by atoms with E-state index in [0.717, 1.165) is 50.4 Å². The lowest BCUT2D eigenvalue weighted by molar-refractivity contribution is 0.371. The second-order valence-corrected chi connectivity index (χ2v) is 5.87. The molecule has 3 rings (SSSR count). The molecule has 1 aromatic heterocycles. The molecule has 6 heteroatoms. The lowest BCUT2D eigenvalue weighted by atomic mass is 10.3. The zero-order valence-corrected chi connectivity index (χ0v) is 15.6. The molecule has 0 spiro atoms. The average Bonchev–Trinajstić information content (AvgIpc) is 3.37. The van der Waals surface area contributed by atoms with Gasteiger partial charge < -0.3 is 15.1 Å². The van der Waals surface area contributed by atoms with Crippen molar-refractivity contribution in [1.29, 1.82) is 0 Å². The Morgan fingerprint density at radius 3 is 2.64 bits per heavy atom. The van der Waals surface area contributed by atoms with Crippen molar-refractivity contribution >= 4 is 35.8 Å². The van der Waals surface area contributed by atoms with Crippen LogP contribution in [0, 0.1) is 5.92 Å². The number of nitrogens with one attached hydrogen (secondary N) is 1. The van der Waals surface area contributed by atoms with Crippen molar-refractivity contribution in [1.82, 2.24) is 15.2 Å². The number of halogens is 1. The van der Waals surface area contributed by atoms with E-state index in [-0.39, 0.29) is 24.0 Å². The quantitative estimate of drug-likeness (QED) is 0.465. The number of aromatic nitrogens is 1. The van der Waals surface area contributed by atoms with E-state index < -0.39 is 0 Å². The molecule has 2 heterocycles. The van der Waals surface area contributed by atoms with Crippen molar-refractivity contribution in [2.24, 2.45) is 10.9 Å². The van der Waals surface area contributed by atoms with Crippen LogP contribution in [0.5, 0.6) is 0 Å². The zero-order chi connectivity index (χ0) is 14.5. The smallest absolute Gasteiger partial charge is 0.193 e. The molecular formula is C16H26IN5. The van der Waals surface area contributed by atoms with E-state index in [1.165, 1.54) is 19.3 Å². The van der Waals surface area contributed by atoms with Crippen LogP contribution in [0.2, 0.25) is 0 Å². The Morgan fingerprint density at radius 2 is 2.05 bits per heavy atom. The summed E-state index contributed by atoms with van der Waals surface area (Å²) in [5, 5.41) is 3.51. The highest BCUT2D eigenvalue weighted by Gasteiger charge is 2.22. The van der Waals surface area contributed by atoms with Crippen LogP contribution in [0.15, 0.2) is 29.4 Å². The Balaban J connectivity index is 0.00000176. The Labute approximate surface area is 150 Å². The maximum atomic E-state index is 4.43. The molecule has 1 aliphatic heterocycles. The molecule has 2 fully saturated rings. The van der Waals surface area contributed by atoms with Gasteiger partial charge in [0.2, 0.25) is 0 Å². The topological polar surface area (TPSA) is 43.8 Å². The summed E-state index contributed by atoms with van der Waals surface area (Å²) in [5.74, 6) is 3.10. The normalized spacial score (nSPS) is 18.9. The Bertz CT molecular complexity index is 467. The van der Waals surface area contributed by atoms with Crippen molar-refractivity contribution in [2.45, 2.75) is 19.3 Å². The largest absolute Gasteiger partial charge is 0.356 e.